The van der Waals surface area contributed by atoms with Gasteiger partial charge >= 0.3 is 5.97 Å². The molecule has 0 saturated carbocycles. The lowest BCUT2D eigenvalue weighted by Gasteiger charge is -2.07. The zero-order chi connectivity index (χ0) is 15.8. The molecule has 7 heteroatoms. The van der Waals surface area contributed by atoms with Crippen LogP contribution >= 0.6 is 23.1 Å². The fourth-order valence-corrected chi connectivity index (χ4v) is 3.51. The lowest BCUT2D eigenvalue weighted by molar-refractivity contribution is -0.113. The molecule has 0 unspecified atom stereocenters. The number of hydrogen-bond acceptors (Lipinski definition) is 6. The quantitative estimate of drug-likeness (QED) is 0.565. The molecule has 118 valence electrons. The van der Waals surface area contributed by atoms with Gasteiger partial charge in [0.05, 0.1) is 24.5 Å². The van der Waals surface area contributed by atoms with Gasteiger partial charge in [-0.1, -0.05) is 6.92 Å². The van der Waals surface area contributed by atoms with Crippen LogP contribution in [0.5, 0.6) is 0 Å². The maximum Gasteiger partial charge on any atom is 0.341 e. The molecule has 5 nitrogen and oxygen atoms in total. The van der Waals surface area contributed by atoms with E-state index < -0.39 is 5.97 Å². The molecule has 0 radical (unpaired) electrons. The molecule has 2 N–H and O–H groups in total. The predicted molar refractivity (Wildman–Crippen MR) is 87.4 cm³/mol. The molecule has 0 bridgehead atoms. The highest BCUT2D eigenvalue weighted by atomic mass is 32.2. The topological polar surface area (TPSA) is 75.6 Å². The van der Waals surface area contributed by atoms with E-state index in [0.717, 1.165) is 16.9 Å². The molecule has 0 saturated heterocycles. The Bertz CT molecular complexity index is 499. The molecule has 1 amide bonds. The molecule has 1 aromatic heterocycles. The monoisotopic (exact) mass is 331 g/mol. The van der Waals surface area contributed by atoms with Crippen LogP contribution in [0.25, 0.3) is 0 Å². The Balaban J connectivity index is 2.89. The van der Waals surface area contributed by atoms with Crippen LogP contribution < -0.4 is 5.32 Å². The highest BCUT2D eigenvalue weighted by Gasteiger charge is 2.22. The first-order chi connectivity index (χ1) is 10.0. The van der Waals surface area contributed by atoms with Crippen LogP contribution in [0.3, 0.4) is 0 Å². The molecule has 1 rings (SSSR count). The summed E-state index contributed by atoms with van der Waals surface area (Å²) >= 11 is 2.76. The van der Waals surface area contributed by atoms with Crippen molar-refractivity contribution < 1.29 is 19.4 Å². The van der Waals surface area contributed by atoms with Gasteiger partial charge < -0.3 is 15.2 Å². The van der Waals surface area contributed by atoms with E-state index in [0.29, 0.717) is 22.9 Å². The second-order valence-electron chi connectivity index (χ2n) is 4.25. The zero-order valence-corrected chi connectivity index (χ0v) is 14.2. The number of thiophene rings is 1. The van der Waals surface area contributed by atoms with Crippen molar-refractivity contribution in [3.8, 4) is 0 Å². The van der Waals surface area contributed by atoms with E-state index in [9.17, 15) is 9.59 Å². The number of aliphatic hydroxyl groups is 1. The smallest absolute Gasteiger partial charge is 0.341 e. The van der Waals surface area contributed by atoms with Gasteiger partial charge in [-0.05, 0) is 25.8 Å². The standard InChI is InChI=1S/C14H21NO4S2/c1-4-10-9(3)12(14(18)19-5-2)13(21-10)15-11(17)8-20-7-6-16/h16H,4-8H2,1-3H3,(H,15,17). The molecule has 0 aliphatic rings. The first-order valence-electron chi connectivity index (χ1n) is 6.82. The number of thioether (sulfide) groups is 1. The van der Waals surface area contributed by atoms with Gasteiger partial charge in [-0.15, -0.1) is 23.1 Å². The number of anilines is 1. The summed E-state index contributed by atoms with van der Waals surface area (Å²) in [6.07, 6.45) is 0.804. The van der Waals surface area contributed by atoms with Crippen molar-refractivity contribution in [2.45, 2.75) is 27.2 Å². The SMILES string of the molecule is CCOC(=O)c1c(NC(=O)CSCCO)sc(CC)c1C. The lowest BCUT2D eigenvalue weighted by Crippen LogP contribution is -2.16. The number of amides is 1. The highest BCUT2D eigenvalue weighted by Crippen LogP contribution is 2.34. The van der Waals surface area contributed by atoms with Gasteiger partial charge in [0, 0.05) is 10.6 Å². The van der Waals surface area contributed by atoms with Crippen LogP contribution in [-0.2, 0) is 16.0 Å². The summed E-state index contributed by atoms with van der Waals surface area (Å²) in [5, 5.41) is 12.0. The first kappa shape index (κ1) is 18.0. The normalized spacial score (nSPS) is 10.5. The summed E-state index contributed by atoms with van der Waals surface area (Å²) in [6.45, 7) is 5.98. The molecule has 0 aliphatic heterocycles. The molecule has 1 heterocycles. The Morgan fingerprint density at radius 2 is 2.10 bits per heavy atom. The molecular formula is C14H21NO4S2. The largest absolute Gasteiger partial charge is 0.462 e. The maximum absolute atomic E-state index is 12.1. The van der Waals surface area contributed by atoms with Gasteiger partial charge in [-0.25, -0.2) is 4.79 Å². The van der Waals surface area contributed by atoms with Gasteiger partial charge in [-0.2, -0.15) is 0 Å². The minimum absolute atomic E-state index is 0.0457. The molecule has 0 spiro atoms. The fraction of sp³-hybridized carbons (Fsp3) is 0.571. The Morgan fingerprint density at radius 1 is 1.38 bits per heavy atom. The van der Waals surface area contributed by atoms with E-state index in [2.05, 4.69) is 5.32 Å². The number of nitrogens with one attached hydrogen (secondary N) is 1. The third-order valence-electron chi connectivity index (χ3n) is 2.77. The van der Waals surface area contributed by atoms with E-state index in [1.54, 1.807) is 6.92 Å². The number of rotatable bonds is 8. The van der Waals surface area contributed by atoms with Gasteiger partial charge in [-0.3, -0.25) is 4.79 Å². The van der Waals surface area contributed by atoms with Crippen molar-refractivity contribution in [2.75, 3.05) is 30.0 Å². The average molecular weight is 331 g/mol. The van der Waals surface area contributed by atoms with Crippen molar-refractivity contribution in [1.82, 2.24) is 0 Å². The number of esters is 1. The molecule has 21 heavy (non-hydrogen) atoms. The van der Waals surface area contributed by atoms with Gasteiger partial charge in [0.15, 0.2) is 0 Å². The molecule has 0 aromatic carbocycles. The zero-order valence-electron chi connectivity index (χ0n) is 12.5. The summed E-state index contributed by atoms with van der Waals surface area (Å²) in [5.74, 6) is 0.190. The Hall–Kier alpha value is -1.05. The maximum atomic E-state index is 12.1. The first-order valence-corrected chi connectivity index (χ1v) is 8.80. The Labute approximate surface area is 133 Å². The molecule has 0 aliphatic carbocycles. The summed E-state index contributed by atoms with van der Waals surface area (Å²) in [4.78, 5) is 25.0. The van der Waals surface area contributed by atoms with Crippen molar-refractivity contribution in [3.63, 3.8) is 0 Å². The molecule has 1 aromatic rings. The van der Waals surface area contributed by atoms with Gasteiger partial charge in [0.2, 0.25) is 5.91 Å². The van der Waals surface area contributed by atoms with Gasteiger partial charge in [0.1, 0.15) is 5.00 Å². The number of aliphatic hydroxyl groups excluding tert-OH is 1. The van der Waals surface area contributed by atoms with E-state index >= 15 is 0 Å². The molecular weight excluding hydrogens is 310 g/mol. The Kier molecular flexibility index (Phi) is 7.77. The van der Waals surface area contributed by atoms with Crippen LogP contribution in [0.15, 0.2) is 0 Å². The van der Waals surface area contributed by atoms with E-state index in [4.69, 9.17) is 9.84 Å². The number of aryl methyl sites for hydroxylation is 1. The van der Waals surface area contributed by atoms with Crippen molar-refractivity contribution in [2.24, 2.45) is 0 Å². The molecule has 0 fully saturated rings. The van der Waals surface area contributed by atoms with E-state index in [1.807, 2.05) is 13.8 Å². The lowest BCUT2D eigenvalue weighted by atomic mass is 10.1. The van der Waals surface area contributed by atoms with Gasteiger partial charge in [0.25, 0.3) is 0 Å². The van der Waals surface area contributed by atoms with Crippen molar-refractivity contribution in [3.05, 3.63) is 16.0 Å². The number of carbonyl (C=O) groups is 2. The number of ether oxygens (including phenoxy) is 1. The summed E-state index contributed by atoms with van der Waals surface area (Å²) in [6, 6.07) is 0. The summed E-state index contributed by atoms with van der Waals surface area (Å²) in [5.41, 5.74) is 1.33. The third kappa shape index (κ3) is 5.01. The average Bonchev–Trinajstić information content (AvgIpc) is 2.75. The van der Waals surface area contributed by atoms with E-state index in [-0.39, 0.29) is 18.3 Å². The number of hydrogen-bond donors (Lipinski definition) is 2. The van der Waals surface area contributed by atoms with Crippen LogP contribution in [0.4, 0.5) is 5.00 Å². The molecule has 0 atom stereocenters. The summed E-state index contributed by atoms with van der Waals surface area (Å²) < 4.78 is 5.07. The summed E-state index contributed by atoms with van der Waals surface area (Å²) in [7, 11) is 0. The van der Waals surface area contributed by atoms with Crippen LogP contribution in [0, 0.1) is 6.92 Å². The van der Waals surface area contributed by atoms with Crippen LogP contribution in [-0.4, -0.2) is 41.7 Å². The Morgan fingerprint density at radius 3 is 2.67 bits per heavy atom. The van der Waals surface area contributed by atoms with Crippen LogP contribution in [0.2, 0.25) is 0 Å². The van der Waals surface area contributed by atoms with Crippen molar-refractivity contribution >= 4 is 40.0 Å². The second-order valence-corrected chi connectivity index (χ2v) is 6.46. The second kappa shape index (κ2) is 9.07. The fourth-order valence-electron chi connectivity index (χ4n) is 1.83. The van der Waals surface area contributed by atoms with Crippen LogP contribution in [0.1, 0.15) is 34.6 Å². The predicted octanol–water partition coefficient (Wildman–Crippen LogP) is 2.46. The third-order valence-corrected chi connectivity index (χ3v) is 5.06. The minimum atomic E-state index is -0.399. The van der Waals surface area contributed by atoms with Crippen molar-refractivity contribution in [1.29, 1.82) is 0 Å². The highest BCUT2D eigenvalue weighted by molar-refractivity contribution is 7.99. The van der Waals surface area contributed by atoms with E-state index in [1.165, 1.54) is 23.1 Å². The minimum Gasteiger partial charge on any atom is -0.462 e. The number of carbonyl (C=O) groups excluding carboxylic acids is 2.